The lowest BCUT2D eigenvalue weighted by molar-refractivity contribution is 0.0702. The third-order valence-electron chi connectivity index (χ3n) is 5.37. The largest absolute Gasteiger partial charge is 0.453 e. The molecule has 1 saturated heterocycles. The fraction of sp³-hybridized carbons (Fsp3) is 0.500. The zero-order valence-corrected chi connectivity index (χ0v) is 17.5. The molecule has 28 heavy (non-hydrogen) atoms. The summed E-state index contributed by atoms with van der Waals surface area (Å²) in [6.45, 7) is 4.38. The Kier molecular flexibility index (Phi) is 7.54. The minimum Gasteiger partial charge on any atom is -0.453 e. The summed E-state index contributed by atoms with van der Waals surface area (Å²) in [5.41, 5.74) is 1.32. The van der Waals surface area contributed by atoms with E-state index in [1.54, 1.807) is 24.1 Å². The van der Waals surface area contributed by atoms with Crippen molar-refractivity contribution >= 4 is 17.5 Å². The maximum atomic E-state index is 12.6. The minimum absolute atomic E-state index is 0.0625. The van der Waals surface area contributed by atoms with Crippen molar-refractivity contribution in [1.29, 1.82) is 0 Å². The van der Waals surface area contributed by atoms with Crippen molar-refractivity contribution < 1.29 is 13.9 Å². The molecule has 0 spiro atoms. The van der Waals surface area contributed by atoms with Gasteiger partial charge in [0.2, 0.25) is 0 Å². The first-order chi connectivity index (χ1) is 13.5. The summed E-state index contributed by atoms with van der Waals surface area (Å²) in [6.07, 6.45) is 3.28. The third-order valence-corrected chi connectivity index (χ3v) is 5.63. The predicted octanol–water partition coefficient (Wildman–Crippen LogP) is 4.11. The van der Waals surface area contributed by atoms with Gasteiger partial charge in [-0.3, -0.25) is 4.79 Å². The lowest BCUT2D eigenvalue weighted by Gasteiger charge is -2.33. The van der Waals surface area contributed by atoms with Crippen LogP contribution in [0.15, 0.2) is 40.8 Å². The van der Waals surface area contributed by atoms with E-state index in [0.717, 1.165) is 50.5 Å². The minimum atomic E-state index is -0.0625. The molecule has 1 amide bonds. The van der Waals surface area contributed by atoms with Gasteiger partial charge in [-0.15, -0.1) is 0 Å². The van der Waals surface area contributed by atoms with Crippen LogP contribution in [0.5, 0.6) is 0 Å². The number of halogens is 1. The normalized spacial score (nSPS) is 15.7. The van der Waals surface area contributed by atoms with Gasteiger partial charge < -0.3 is 19.0 Å². The highest BCUT2D eigenvalue weighted by Gasteiger charge is 2.23. The molecule has 1 aromatic carbocycles. The van der Waals surface area contributed by atoms with Crippen molar-refractivity contribution in [2.75, 3.05) is 40.3 Å². The number of piperidine rings is 1. The maximum Gasteiger partial charge on any atom is 0.289 e. The zero-order chi connectivity index (χ0) is 19.9. The Balaban J connectivity index is 1.40. The molecular formula is C22H29ClN2O3. The Morgan fingerprint density at radius 3 is 2.61 bits per heavy atom. The monoisotopic (exact) mass is 404 g/mol. The molecule has 6 heteroatoms. The Morgan fingerprint density at radius 2 is 1.93 bits per heavy atom. The number of methoxy groups -OCH3 is 1. The first-order valence-corrected chi connectivity index (χ1v) is 10.2. The quantitative estimate of drug-likeness (QED) is 0.664. The van der Waals surface area contributed by atoms with E-state index >= 15 is 0 Å². The second-order valence-electron chi connectivity index (χ2n) is 7.55. The second kappa shape index (κ2) is 10.1. The highest BCUT2D eigenvalue weighted by molar-refractivity contribution is 6.30. The molecule has 0 atom stereocenters. The second-order valence-corrected chi connectivity index (χ2v) is 7.98. The topological polar surface area (TPSA) is 45.9 Å². The molecule has 152 valence electrons. The average Bonchev–Trinajstić information content (AvgIpc) is 3.17. The van der Waals surface area contributed by atoms with Crippen LogP contribution in [-0.2, 0) is 17.8 Å². The number of furan rings is 1. The van der Waals surface area contributed by atoms with Gasteiger partial charge >= 0.3 is 0 Å². The lowest BCUT2D eigenvalue weighted by atomic mass is 9.96. The van der Waals surface area contributed by atoms with E-state index in [2.05, 4.69) is 17.0 Å². The van der Waals surface area contributed by atoms with Gasteiger partial charge in [0, 0.05) is 32.3 Å². The van der Waals surface area contributed by atoms with Gasteiger partial charge in [0.15, 0.2) is 5.76 Å². The number of carbonyl (C=O) groups excluding carboxylic acids is 1. The number of hydrogen-bond acceptors (Lipinski definition) is 4. The standard InChI is InChI=1S/C22H29ClN2O3/c1-24(22(26)21-8-7-20(28-21)16-27-2)15-18-10-13-25(14-11-18)12-9-17-3-5-19(23)6-4-17/h3-8,18H,9-16H2,1-2H3. The fourth-order valence-corrected chi connectivity index (χ4v) is 3.83. The lowest BCUT2D eigenvalue weighted by Crippen LogP contribution is -2.40. The molecule has 1 fully saturated rings. The number of ether oxygens (including phenoxy) is 1. The van der Waals surface area contributed by atoms with E-state index in [4.69, 9.17) is 20.8 Å². The number of benzene rings is 1. The number of amides is 1. The van der Waals surface area contributed by atoms with Crippen LogP contribution in [0.2, 0.25) is 5.02 Å². The Morgan fingerprint density at radius 1 is 1.21 bits per heavy atom. The van der Waals surface area contributed by atoms with Crippen LogP contribution < -0.4 is 0 Å². The van der Waals surface area contributed by atoms with Gasteiger partial charge in [-0.2, -0.15) is 0 Å². The molecule has 3 rings (SSSR count). The molecule has 0 saturated carbocycles. The Bertz CT molecular complexity index is 751. The van der Waals surface area contributed by atoms with E-state index < -0.39 is 0 Å². The van der Waals surface area contributed by atoms with Gasteiger partial charge in [0.1, 0.15) is 12.4 Å². The summed E-state index contributed by atoms with van der Waals surface area (Å²) in [7, 11) is 3.46. The van der Waals surface area contributed by atoms with Gasteiger partial charge in [0.25, 0.3) is 5.91 Å². The van der Waals surface area contributed by atoms with Crippen LogP contribution in [-0.4, -0.2) is 56.0 Å². The molecule has 1 aliphatic rings. The summed E-state index contributed by atoms with van der Waals surface area (Å²) >= 11 is 5.94. The Hall–Kier alpha value is -1.82. The van der Waals surface area contributed by atoms with E-state index in [-0.39, 0.29) is 5.91 Å². The summed E-state index contributed by atoms with van der Waals surface area (Å²) < 4.78 is 10.6. The number of likely N-dealkylation sites (tertiary alicyclic amines) is 1. The number of hydrogen-bond donors (Lipinski definition) is 0. The maximum absolute atomic E-state index is 12.6. The summed E-state index contributed by atoms with van der Waals surface area (Å²) in [6, 6.07) is 11.6. The molecule has 0 aliphatic carbocycles. The fourth-order valence-electron chi connectivity index (χ4n) is 3.70. The molecule has 0 radical (unpaired) electrons. The van der Waals surface area contributed by atoms with Crippen molar-refractivity contribution in [1.82, 2.24) is 9.80 Å². The molecular weight excluding hydrogens is 376 g/mol. The first kappa shape index (κ1) is 20.9. The molecule has 1 aliphatic heterocycles. The van der Waals surface area contributed by atoms with Gasteiger partial charge in [0.05, 0.1) is 0 Å². The van der Waals surface area contributed by atoms with Crippen LogP contribution in [0.4, 0.5) is 0 Å². The van der Waals surface area contributed by atoms with Gasteiger partial charge in [-0.1, -0.05) is 23.7 Å². The van der Waals surface area contributed by atoms with Crippen molar-refractivity contribution in [2.45, 2.75) is 25.9 Å². The van der Waals surface area contributed by atoms with Crippen LogP contribution >= 0.6 is 11.6 Å². The molecule has 2 aromatic rings. The predicted molar refractivity (Wildman–Crippen MR) is 111 cm³/mol. The average molecular weight is 405 g/mol. The van der Waals surface area contributed by atoms with Crippen LogP contribution in [0.3, 0.4) is 0 Å². The molecule has 0 N–H and O–H groups in total. The highest BCUT2D eigenvalue weighted by Crippen LogP contribution is 2.20. The molecule has 5 nitrogen and oxygen atoms in total. The summed E-state index contributed by atoms with van der Waals surface area (Å²) in [5, 5.41) is 0.785. The SMILES string of the molecule is COCc1ccc(C(=O)N(C)CC2CCN(CCc3ccc(Cl)cc3)CC2)o1. The molecule has 2 heterocycles. The van der Waals surface area contributed by atoms with E-state index in [1.165, 1.54) is 5.56 Å². The van der Waals surface area contributed by atoms with Gasteiger partial charge in [-0.25, -0.2) is 0 Å². The smallest absolute Gasteiger partial charge is 0.289 e. The van der Waals surface area contributed by atoms with Crippen molar-refractivity contribution in [3.63, 3.8) is 0 Å². The Labute approximate surface area is 172 Å². The van der Waals surface area contributed by atoms with E-state index in [0.29, 0.717) is 24.0 Å². The third kappa shape index (κ3) is 5.84. The first-order valence-electron chi connectivity index (χ1n) is 9.85. The van der Waals surface area contributed by atoms with Crippen molar-refractivity contribution in [3.8, 4) is 0 Å². The molecule has 0 bridgehead atoms. The van der Waals surface area contributed by atoms with Crippen LogP contribution in [0.1, 0.15) is 34.7 Å². The van der Waals surface area contributed by atoms with E-state index in [9.17, 15) is 4.79 Å². The van der Waals surface area contributed by atoms with Crippen LogP contribution in [0, 0.1) is 5.92 Å². The zero-order valence-electron chi connectivity index (χ0n) is 16.7. The molecule has 0 unspecified atom stereocenters. The number of nitrogens with zero attached hydrogens (tertiary/aromatic N) is 2. The van der Waals surface area contributed by atoms with Gasteiger partial charge in [-0.05, 0) is 68.1 Å². The summed E-state index contributed by atoms with van der Waals surface area (Å²) in [4.78, 5) is 16.8. The highest BCUT2D eigenvalue weighted by atomic mass is 35.5. The van der Waals surface area contributed by atoms with Crippen molar-refractivity contribution in [2.24, 2.45) is 5.92 Å². The molecule has 1 aromatic heterocycles. The number of rotatable bonds is 8. The van der Waals surface area contributed by atoms with E-state index in [1.807, 2.05) is 19.2 Å². The summed E-state index contributed by atoms with van der Waals surface area (Å²) in [5.74, 6) is 1.53. The number of carbonyl (C=O) groups is 1. The van der Waals surface area contributed by atoms with Crippen molar-refractivity contribution in [3.05, 3.63) is 58.5 Å². The van der Waals surface area contributed by atoms with Crippen LogP contribution in [0.25, 0.3) is 0 Å².